The molecule has 1 unspecified atom stereocenters. The zero-order chi connectivity index (χ0) is 16.5. The number of rotatable bonds is 3. The molecule has 0 radical (unpaired) electrons. The molecule has 1 saturated heterocycles. The molecule has 124 valence electrons. The number of hydrogen-bond acceptors (Lipinski definition) is 5. The van der Waals surface area contributed by atoms with Crippen LogP contribution in [0.1, 0.15) is 18.9 Å². The van der Waals surface area contributed by atoms with Crippen molar-refractivity contribution in [2.45, 2.75) is 23.8 Å². The van der Waals surface area contributed by atoms with Gasteiger partial charge in [-0.15, -0.1) is 0 Å². The maximum atomic E-state index is 12.4. The second-order valence-electron chi connectivity index (χ2n) is 5.87. The van der Waals surface area contributed by atoms with Crippen LogP contribution in [0.15, 0.2) is 46.2 Å². The van der Waals surface area contributed by atoms with Gasteiger partial charge in [-0.2, -0.15) is 5.10 Å². The van der Waals surface area contributed by atoms with E-state index in [0.717, 1.165) is 35.4 Å². The molecule has 0 aliphatic carbocycles. The zero-order valence-electron chi connectivity index (χ0n) is 13.1. The Morgan fingerprint density at radius 2 is 2.12 bits per heavy atom. The van der Waals surface area contributed by atoms with Gasteiger partial charge in [-0.05, 0) is 43.0 Å². The standard InChI is InChI=1S/C17H18N4O2S/c18-24-13-5-3-11(4-6-13)16-15-14(7-8-19-17(15)22)21(20-16)12-2-1-9-23-10-12/h3-8,12H,1-2,9-10,18H2,(H,19,22). The highest BCUT2D eigenvalue weighted by atomic mass is 32.2. The lowest BCUT2D eigenvalue weighted by Crippen LogP contribution is -2.22. The minimum atomic E-state index is -0.122. The topological polar surface area (TPSA) is 85.9 Å². The fraction of sp³-hybridized carbons (Fsp3) is 0.294. The molecule has 0 bridgehead atoms. The fourth-order valence-electron chi connectivity index (χ4n) is 3.19. The van der Waals surface area contributed by atoms with Crippen LogP contribution in [0.2, 0.25) is 0 Å². The molecule has 0 amide bonds. The monoisotopic (exact) mass is 342 g/mol. The molecule has 3 heterocycles. The van der Waals surface area contributed by atoms with Crippen molar-refractivity contribution in [2.75, 3.05) is 13.2 Å². The summed E-state index contributed by atoms with van der Waals surface area (Å²) in [5, 5.41) is 11.0. The molecule has 3 aromatic rings. The average Bonchev–Trinajstić information content (AvgIpc) is 3.04. The van der Waals surface area contributed by atoms with Gasteiger partial charge >= 0.3 is 0 Å². The van der Waals surface area contributed by atoms with Gasteiger partial charge in [0.25, 0.3) is 5.56 Å². The quantitative estimate of drug-likeness (QED) is 0.715. The fourth-order valence-corrected chi connectivity index (χ4v) is 3.48. The lowest BCUT2D eigenvalue weighted by Gasteiger charge is -2.23. The van der Waals surface area contributed by atoms with E-state index >= 15 is 0 Å². The minimum Gasteiger partial charge on any atom is -0.379 e. The summed E-state index contributed by atoms with van der Waals surface area (Å²) in [6.45, 7) is 1.42. The van der Waals surface area contributed by atoms with Crippen molar-refractivity contribution in [3.63, 3.8) is 0 Å². The first-order valence-corrected chi connectivity index (χ1v) is 8.80. The third-order valence-electron chi connectivity index (χ3n) is 4.38. The summed E-state index contributed by atoms with van der Waals surface area (Å²) in [5.41, 5.74) is 2.33. The molecule has 0 spiro atoms. The Labute approximate surface area is 143 Å². The SMILES string of the molecule is NSc1ccc(-c2nn(C3CCCOC3)c3cc[nH]c(=O)c23)cc1. The van der Waals surface area contributed by atoms with E-state index in [0.29, 0.717) is 17.7 Å². The number of fused-ring (bicyclic) bond motifs is 1. The number of hydrogen-bond donors (Lipinski definition) is 2. The van der Waals surface area contributed by atoms with Gasteiger partial charge < -0.3 is 9.72 Å². The molecule has 1 fully saturated rings. The second-order valence-corrected chi connectivity index (χ2v) is 6.58. The van der Waals surface area contributed by atoms with Gasteiger partial charge in [0.1, 0.15) is 5.69 Å². The van der Waals surface area contributed by atoms with Crippen molar-refractivity contribution in [3.05, 3.63) is 46.9 Å². The molecule has 1 aliphatic rings. The van der Waals surface area contributed by atoms with E-state index < -0.39 is 0 Å². The lowest BCUT2D eigenvalue weighted by atomic mass is 10.1. The second kappa shape index (κ2) is 6.43. The molecule has 3 N–H and O–H groups in total. The molecule has 6 nitrogen and oxygen atoms in total. The number of aromatic nitrogens is 3. The third kappa shape index (κ3) is 2.64. The highest BCUT2D eigenvalue weighted by Gasteiger charge is 2.22. The molecular weight excluding hydrogens is 324 g/mol. The molecule has 1 atom stereocenters. The summed E-state index contributed by atoms with van der Waals surface area (Å²) in [6.07, 6.45) is 3.68. The van der Waals surface area contributed by atoms with Gasteiger partial charge in [-0.3, -0.25) is 14.6 Å². The predicted octanol–water partition coefficient (Wildman–Crippen LogP) is 2.71. The number of pyridine rings is 1. The van der Waals surface area contributed by atoms with Gasteiger partial charge in [0.05, 0.1) is 23.6 Å². The molecular formula is C17H18N4O2S. The number of aromatic amines is 1. The van der Waals surface area contributed by atoms with Crippen LogP contribution in [0, 0.1) is 0 Å². The van der Waals surface area contributed by atoms with Crippen LogP contribution in [-0.2, 0) is 4.74 Å². The van der Waals surface area contributed by atoms with Crippen LogP contribution in [0.3, 0.4) is 0 Å². The van der Waals surface area contributed by atoms with E-state index in [1.54, 1.807) is 6.20 Å². The Kier molecular flexibility index (Phi) is 4.13. The summed E-state index contributed by atoms with van der Waals surface area (Å²) in [5.74, 6) is 0. The molecule has 7 heteroatoms. The summed E-state index contributed by atoms with van der Waals surface area (Å²) in [4.78, 5) is 16.2. The van der Waals surface area contributed by atoms with E-state index in [4.69, 9.17) is 15.0 Å². The highest BCUT2D eigenvalue weighted by Crippen LogP contribution is 2.30. The first-order chi connectivity index (χ1) is 11.8. The Morgan fingerprint density at radius 3 is 2.83 bits per heavy atom. The molecule has 1 aliphatic heterocycles. The first-order valence-electron chi connectivity index (χ1n) is 7.93. The molecule has 4 rings (SSSR count). The van der Waals surface area contributed by atoms with E-state index in [-0.39, 0.29) is 11.6 Å². The largest absolute Gasteiger partial charge is 0.379 e. The van der Waals surface area contributed by atoms with Gasteiger partial charge in [0.15, 0.2) is 0 Å². The Morgan fingerprint density at radius 1 is 1.29 bits per heavy atom. The number of nitrogens with zero attached hydrogens (tertiary/aromatic N) is 2. The van der Waals surface area contributed by atoms with Crippen LogP contribution < -0.4 is 10.7 Å². The molecule has 0 saturated carbocycles. The first kappa shape index (κ1) is 15.4. The van der Waals surface area contributed by atoms with Gasteiger partial charge in [0.2, 0.25) is 0 Å². The van der Waals surface area contributed by atoms with E-state index in [9.17, 15) is 4.79 Å². The Hall–Kier alpha value is -2.09. The number of ether oxygens (including phenoxy) is 1. The molecule has 2 aromatic heterocycles. The van der Waals surface area contributed by atoms with Crippen molar-refractivity contribution < 1.29 is 4.74 Å². The van der Waals surface area contributed by atoms with Crippen molar-refractivity contribution in [1.29, 1.82) is 0 Å². The Bertz CT molecular complexity index is 910. The smallest absolute Gasteiger partial charge is 0.259 e. The lowest BCUT2D eigenvalue weighted by molar-refractivity contribution is 0.0566. The molecule has 24 heavy (non-hydrogen) atoms. The van der Waals surface area contributed by atoms with Crippen LogP contribution >= 0.6 is 11.9 Å². The van der Waals surface area contributed by atoms with Crippen molar-refractivity contribution in [2.24, 2.45) is 5.14 Å². The van der Waals surface area contributed by atoms with E-state index in [1.807, 2.05) is 35.0 Å². The number of nitrogens with one attached hydrogen (secondary N) is 1. The zero-order valence-corrected chi connectivity index (χ0v) is 13.9. The minimum absolute atomic E-state index is 0.122. The number of nitrogens with two attached hydrogens (primary N) is 1. The summed E-state index contributed by atoms with van der Waals surface area (Å²) in [6, 6.07) is 9.84. The van der Waals surface area contributed by atoms with Crippen molar-refractivity contribution in [1.82, 2.24) is 14.8 Å². The van der Waals surface area contributed by atoms with Crippen LogP contribution in [0.4, 0.5) is 0 Å². The average molecular weight is 342 g/mol. The van der Waals surface area contributed by atoms with Gasteiger partial charge in [0, 0.05) is 23.3 Å². The number of H-pyrrole nitrogens is 1. The summed E-state index contributed by atoms with van der Waals surface area (Å²) < 4.78 is 7.55. The maximum Gasteiger partial charge on any atom is 0.259 e. The van der Waals surface area contributed by atoms with Crippen LogP contribution in [0.25, 0.3) is 22.2 Å². The van der Waals surface area contributed by atoms with E-state index in [2.05, 4.69) is 4.98 Å². The van der Waals surface area contributed by atoms with Crippen LogP contribution in [-0.4, -0.2) is 28.0 Å². The summed E-state index contributed by atoms with van der Waals surface area (Å²) in [7, 11) is 0. The Balaban J connectivity index is 1.89. The summed E-state index contributed by atoms with van der Waals surface area (Å²) >= 11 is 1.20. The van der Waals surface area contributed by atoms with Gasteiger partial charge in [-0.25, -0.2) is 0 Å². The number of benzene rings is 1. The molecule has 1 aromatic carbocycles. The van der Waals surface area contributed by atoms with Crippen molar-refractivity contribution in [3.8, 4) is 11.3 Å². The van der Waals surface area contributed by atoms with Crippen LogP contribution in [0.5, 0.6) is 0 Å². The highest BCUT2D eigenvalue weighted by molar-refractivity contribution is 7.97. The predicted molar refractivity (Wildman–Crippen MR) is 94.9 cm³/mol. The maximum absolute atomic E-state index is 12.4. The normalized spacial score (nSPS) is 18.1. The third-order valence-corrected chi connectivity index (χ3v) is 4.92. The van der Waals surface area contributed by atoms with Crippen molar-refractivity contribution >= 4 is 22.9 Å². The van der Waals surface area contributed by atoms with Gasteiger partial charge in [-0.1, -0.05) is 12.1 Å². The van der Waals surface area contributed by atoms with E-state index in [1.165, 1.54) is 11.9 Å².